The van der Waals surface area contributed by atoms with Gasteiger partial charge in [0, 0.05) is 31.1 Å². The number of carbonyl (C=O) groups is 2. The predicted molar refractivity (Wildman–Crippen MR) is 97.1 cm³/mol. The van der Waals surface area contributed by atoms with Crippen molar-refractivity contribution < 1.29 is 23.5 Å². The van der Waals surface area contributed by atoms with Crippen molar-refractivity contribution in [2.75, 3.05) is 26.3 Å². The van der Waals surface area contributed by atoms with Crippen LogP contribution < -0.4 is 14.8 Å². The van der Waals surface area contributed by atoms with E-state index in [9.17, 15) is 9.59 Å². The first-order chi connectivity index (χ1) is 13.2. The lowest BCUT2D eigenvalue weighted by molar-refractivity contribution is 0.0667. The van der Waals surface area contributed by atoms with Crippen molar-refractivity contribution in [1.82, 2.24) is 10.2 Å². The summed E-state index contributed by atoms with van der Waals surface area (Å²) in [5, 5.41) is 3.06. The molecule has 4 rings (SSSR count). The van der Waals surface area contributed by atoms with E-state index in [1.165, 1.54) is 6.26 Å². The molecule has 3 heterocycles. The van der Waals surface area contributed by atoms with E-state index in [2.05, 4.69) is 5.32 Å². The summed E-state index contributed by atoms with van der Waals surface area (Å²) in [4.78, 5) is 26.6. The Kier molecular flexibility index (Phi) is 5.00. The Labute approximate surface area is 157 Å². The molecule has 7 nitrogen and oxygen atoms in total. The maximum absolute atomic E-state index is 12.6. The van der Waals surface area contributed by atoms with Crippen LogP contribution in [0.3, 0.4) is 0 Å². The standard InChI is InChI=1S/C20H22N2O5/c23-19(14-4-5-16-18(13-14)27-12-2-11-25-16)21-15-6-8-22(9-7-15)20(24)17-3-1-10-26-17/h1,3-5,10,13,15H,2,6-9,11-12H2,(H,21,23). The second kappa shape index (κ2) is 7.73. The van der Waals surface area contributed by atoms with Crippen LogP contribution >= 0.6 is 0 Å². The Hall–Kier alpha value is -2.96. The third kappa shape index (κ3) is 3.92. The summed E-state index contributed by atoms with van der Waals surface area (Å²) in [5.74, 6) is 1.40. The van der Waals surface area contributed by atoms with Gasteiger partial charge in [0.1, 0.15) is 0 Å². The van der Waals surface area contributed by atoms with Crippen LogP contribution in [0.4, 0.5) is 0 Å². The smallest absolute Gasteiger partial charge is 0.289 e. The largest absolute Gasteiger partial charge is 0.490 e. The van der Waals surface area contributed by atoms with Crippen molar-refractivity contribution in [2.24, 2.45) is 0 Å². The van der Waals surface area contributed by atoms with E-state index < -0.39 is 0 Å². The number of piperidine rings is 1. The molecule has 0 saturated carbocycles. The van der Waals surface area contributed by atoms with E-state index in [1.54, 1.807) is 35.2 Å². The van der Waals surface area contributed by atoms with E-state index in [1.807, 2.05) is 0 Å². The molecule has 0 bridgehead atoms. The number of fused-ring (bicyclic) bond motifs is 1. The van der Waals surface area contributed by atoms with E-state index in [-0.39, 0.29) is 17.9 Å². The number of furan rings is 1. The molecule has 7 heteroatoms. The molecule has 0 spiro atoms. The molecule has 2 amide bonds. The Morgan fingerprint density at radius 1 is 1.04 bits per heavy atom. The molecule has 1 aromatic heterocycles. The van der Waals surface area contributed by atoms with Gasteiger partial charge in [-0.25, -0.2) is 0 Å². The number of nitrogens with zero attached hydrogens (tertiary/aromatic N) is 1. The van der Waals surface area contributed by atoms with Gasteiger partial charge in [-0.15, -0.1) is 0 Å². The summed E-state index contributed by atoms with van der Waals surface area (Å²) in [6.45, 7) is 2.38. The summed E-state index contributed by atoms with van der Waals surface area (Å²) in [7, 11) is 0. The minimum absolute atomic E-state index is 0.0362. The Morgan fingerprint density at radius 2 is 1.81 bits per heavy atom. The zero-order valence-corrected chi connectivity index (χ0v) is 15.0. The molecule has 2 aliphatic rings. The van der Waals surface area contributed by atoms with Crippen LogP contribution in [0.1, 0.15) is 40.2 Å². The Morgan fingerprint density at radius 3 is 2.56 bits per heavy atom. The number of hydrogen-bond acceptors (Lipinski definition) is 5. The molecule has 2 aromatic rings. The van der Waals surface area contributed by atoms with Gasteiger partial charge in [-0.3, -0.25) is 9.59 Å². The summed E-state index contributed by atoms with van der Waals surface area (Å²) in [5.41, 5.74) is 0.549. The van der Waals surface area contributed by atoms with Crippen molar-refractivity contribution in [3.05, 3.63) is 47.9 Å². The summed E-state index contributed by atoms with van der Waals surface area (Å²) in [6, 6.07) is 8.66. The first-order valence-electron chi connectivity index (χ1n) is 9.24. The lowest BCUT2D eigenvalue weighted by Crippen LogP contribution is -2.46. The molecule has 1 fully saturated rings. The average Bonchev–Trinajstić information content (AvgIpc) is 3.13. The number of amides is 2. The van der Waals surface area contributed by atoms with Crippen molar-refractivity contribution in [1.29, 1.82) is 0 Å². The minimum atomic E-state index is -0.138. The lowest BCUT2D eigenvalue weighted by Gasteiger charge is -2.31. The first-order valence-corrected chi connectivity index (χ1v) is 9.24. The molecule has 0 aliphatic carbocycles. The van der Waals surface area contributed by atoms with Crippen LogP contribution in [0.5, 0.6) is 11.5 Å². The fourth-order valence-corrected chi connectivity index (χ4v) is 3.36. The molecule has 0 atom stereocenters. The highest BCUT2D eigenvalue weighted by atomic mass is 16.5. The second-order valence-corrected chi connectivity index (χ2v) is 6.73. The highest BCUT2D eigenvalue weighted by molar-refractivity contribution is 5.95. The third-order valence-corrected chi connectivity index (χ3v) is 4.86. The number of rotatable bonds is 3. The van der Waals surface area contributed by atoms with Crippen molar-refractivity contribution in [2.45, 2.75) is 25.3 Å². The molecular weight excluding hydrogens is 348 g/mol. The topological polar surface area (TPSA) is 81.0 Å². The zero-order chi connectivity index (χ0) is 18.6. The van der Waals surface area contributed by atoms with Gasteiger partial charge < -0.3 is 24.1 Å². The van der Waals surface area contributed by atoms with Crippen molar-refractivity contribution in [3.8, 4) is 11.5 Å². The van der Waals surface area contributed by atoms with Gasteiger partial charge in [-0.2, -0.15) is 0 Å². The number of nitrogens with one attached hydrogen (secondary N) is 1. The Balaban J connectivity index is 1.33. The fourth-order valence-electron chi connectivity index (χ4n) is 3.36. The zero-order valence-electron chi connectivity index (χ0n) is 15.0. The summed E-state index contributed by atoms with van der Waals surface area (Å²) < 4.78 is 16.4. The van der Waals surface area contributed by atoms with Crippen LogP contribution in [-0.4, -0.2) is 49.1 Å². The number of hydrogen-bond donors (Lipinski definition) is 1. The van der Waals surface area contributed by atoms with Crippen molar-refractivity contribution >= 4 is 11.8 Å². The van der Waals surface area contributed by atoms with Crippen LogP contribution in [0.2, 0.25) is 0 Å². The molecular formula is C20H22N2O5. The molecule has 1 saturated heterocycles. The second-order valence-electron chi connectivity index (χ2n) is 6.73. The van der Waals surface area contributed by atoms with Crippen LogP contribution in [-0.2, 0) is 0 Å². The van der Waals surface area contributed by atoms with Crippen LogP contribution in [0.25, 0.3) is 0 Å². The monoisotopic (exact) mass is 370 g/mol. The molecule has 2 aliphatic heterocycles. The molecule has 142 valence electrons. The van der Waals surface area contributed by atoms with Gasteiger partial charge >= 0.3 is 0 Å². The van der Waals surface area contributed by atoms with Crippen molar-refractivity contribution in [3.63, 3.8) is 0 Å². The van der Waals surface area contributed by atoms with E-state index >= 15 is 0 Å². The van der Waals surface area contributed by atoms with Crippen LogP contribution in [0, 0.1) is 0 Å². The van der Waals surface area contributed by atoms with Gasteiger partial charge in [-0.1, -0.05) is 0 Å². The minimum Gasteiger partial charge on any atom is -0.490 e. The third-order valence-electron chi connectivity index (χ3n) is 4.86. The number of ether oxygens (including phenoxy) is 2. The van der Waals surface area contributed by atoms with Gasteiger partial charge in [-0.05, 0) is 43.2 Å². The summed E-state index contributed by atoms with van der Waals surface area (Å²) >= 11 is 0. The summed E-state index contributed by atoms with van der Waals surface area (Å²) in [6.07, 6.45) is 3.74. The Bertz CT molecular complexity index is 810. The number of carbonyl (C=O) groups excluding carboxylic acids is 2. The highest BCUT2D eigenvalue weighted by Gasteiger charge is 2.26. The highest BCUT2D eigenvalue weighted by Crippen LogP contribution is 2.30. The van der Waals surface area contributed by atoms with Crippen LogP contribution in [0.15, 0.2) is 41.0 Å². The van der Waals surface area contributed by atoms with E-state index in [0.717, 1.165) is 6.42 Å². The maximum atomic E-state index is 12.6. The van der Waals surface area contributed by atoms with Gasteiger partial charge in [0.15, 0.2) is 17.3 Å². The predicted octanol–water partition coefficient (Wildman–Crippen LogP) is 2.48. The van der Waals surface area contributed by atoms with E-state index in [0.29, 0.717) is 62.0 Å². The molecule has 1 aromatic carbocycles. The molecule has 27 heavy (non-hydrogen) atoms. The van der Waals surface area contributed by atoms with Gasteiger partial charge in [0.05, 0.1) is 19.5 Å². The maximum Gasteiger partial charge on any atom is 0.289 e. The fraction of sp³-hybridized carbons (Fsp3) is 0.400. The SMILES string of the molecule is O=C(NC1CCN(C(=O)c2ccco2)CC1)c1ccc2c(c1)OCCCO2. The normalized spacial score (nSPS) is 17.3. The molecule has 0 radical (unpaired) electrons. The van der Waals surface area contributed by atoms with E-state index in [4.69, 9.17) is 13.9 Å². The molecule has 1 N–H and O–H groups in total. The van der Waals surface area contributed by atoms with Gasteiger partial charge in [0.2, 0.25) is 0 Å². The number of benzene rings is 1. The first kappa shape index (κ1) is 17.5. The molecule has 0 unspecified atom stereocenters. The van der Waals surface area contributed by atoms with Gasteiger partial charge in [0.25, 0.3) is 11.8 Å². The quantitative estimate of drug-likeness (QED) is 0.898. The lowest BCUT2D eigenvalue weighted by atomic mass is 10.0. The average molecular weight is 370 g/mol. The number of likely N-dealkylation sites (tertiary alicyclic amines) is 1.